The third-order valence-corrected chi connectivity index (χ3v) is 3.36. The van der Waals surface area contributed by atoms with Gasteiger partial charge in [-0.2, -0.15) is 0 Å². The highest BCUT2D eigenvalue weighted by Crippen LogP contribution is 2.35. The largest absolute Gasteiger partial charge is 0.351 e. The van der Waals surface area contributed by atoms with Crippen LogP contribution in [0.15, 0.2) is 18.2 Å². The van der Waals surface area contributed by atoms with E-state index in [0.717, 1.165) is 18.5 Å². The normalized spacial score (nSPS) is 22.4. The first kappa shape index (κ1) is 10.5. The predicted octanol–water partition coefficient (Wildman–Crippen LogP) is 2.27. The van der Waals surface area contributed by atoms with Crippen molar-refractivity contribution in [2.45, 2.75) is 25.2 Å². The molecule has 0 radical (unpaired) electrons. The lowest BCUT2D eigenvalue weighted by Crippen LogP contribution is -2.36. The van der Waals surface area contributed by atoms with Gasteiger partial charge in [-0.25, -0.2) is 0 Å². The van der Waals surface area contributed by atoms with Gasteiger partial charge in [0.2, 0.25) is 0 Å². The van der Waals surface area contributed by atoms with Gasteiger partial charge in [0.05, 0.1) is 0 Å². The SMILES string of the molecule is Cl.O=C1NCC2CCCc3cccc1c32. The van der Waals surface area contributed by atoms with E-state index in [-0.39, 0.29) is 18.3 Å². The molecule has 2 nitrogen and oxygen atoms in total. The Kier molecular flexibility index (Phi) is 2.70. The van der Waals surface area contributed by atoms with E-state index < -0.39 is 0 Å². The van der Waals surface area contributed by atoms with Crippen molar-refractivity contribution in [3.8, 4) is 0 Å². The molecule has 1 unspecified atom stereocenters. The summed E-state index contributed by atoms with van der Waals surface area (Å²) < 4.78 is 0. The lowest BCUT2D eigenvalue weighted by atomic mass is 9.78. The van der Waals surface area contributed by atoms with Crippen LogP contribution in [-0.2, 0) is 6.42 Å². The Morgan fingerprint density at radius 3 is 3.07 bits per heavy atom. The van der Waals surface area contributed by atoms with E-state index in [4.69, 9.17) is 0 Å². The zero-order valence-corrected chi connectivity index (χ0v) is 9.27. The van der Waals surface area contributed by atoms with Gasteiger partial charge in [-0.05, 0) is 36.5 Å². The number of halogens is 1. The highest BCUT2D eigenvalue weighted by Gasteiger charge is 2.29. The molecule has 1 amide bonds. The van der Waals surface area contributed by atoms with Crippen LogP contribution in [0, 0.1) is 0 Å². The molecule has 0 saturated heterocycles. The van der Waals surface area contributed by atoms with Crippen molar-refractivity contribution in [3.05, 3.63) is 34.9 Å². The number of rotatable bonds is 0. The molecule has 80 valence electrons. The van der Waals surface area contributed by atoms with Gasteiger partial charge in [0.25, 0.3) is 5.91 Å². The fourth-order valence-corrected chi connectivity index (χ4v) is 2.71. The molecule has 0 spiro atoms. The molecular formula is C12H14ClNO. The van der Waals surface area contributed by atoms with Gasteiger partial charge in [-0.1, -0.05) is 12.1 Å². The van der Waals surface area contributed by atoms with Gasteiger partial charge in [-0.15, -0.1) is 12.4 Å². The lowest BCUT2D eigenvalue weighted by Gasteiger charge is -2.31. The summed E-state index contributed by atoms with van der Waals surface area (Å²) in [5.41, 5.74) is 3.65. The standard InChI is InChI=1S/C12H13NO.ClH/c14-12-10-6-2-4-8-3-1-5-9(7-13-12)11(8)10;/h2,4,6,9H,1,3,5,7H2,(H,13,14);1H. The second kappa shape index (κ2) is 3.86. The maximum Gasteiger partial charge on any atom is 0.251 e. The molecule has 1 N–H and O–H groups in total. The molecule has 1 aromatic carbocycles. The Morgan fingerprint density at radius 2 is 2.20 bits per heavy atom. The minimum atomic E-state index is 0. The average Bonchev–Trinajstić information content (AvgIpc) is 2.24. The van der Waals surface area contributed by atoms with E-state index in [1.165, 1.54) is 24.0 Å². The zero-order valence-electron chi connectivity index (χ0n) is 8.45. The summed E-state index contributed by atoms with van der Waals surface area (Å²) in [4.78, 5) is 11.6. The van der Waals surface area contributed by atoms with Crippen LogP contribution in [0.1, 0.15) is 40.2 Å². The highest BCUT2D eigenvalue weighted by atomic mass is 35.5. The quantitative estimate of drug-likeness (QED) is 0.719. The molecule has 15 heavy (non-hydrogen) atoms. The number of carbonyl (C=O) groups is 1. The number of amides is 1. The lowest BCUT2D eigenvalue weighted by molar-refractivity contribution is 0.0938. The first-order valence-electron chi connectivity index (χ1n) is 5.26. The summed E-state index contributed by atoms with van der Waals surface area (Å²) in [6.07, 6.45) is 3.63. The fraction of sp³-hybridized carbons (Fsp3) is 0.417. The van der Waals surface area contributed by atoms with Crippen LogP contribution in [0.25, 0.3) is 0 Å². The first-order valence-corrected chi connectivity index (χ1v) is 5.26. The number of hydrogen-bond donors (Lipinski definition) is 1. The smallest absolute Gasteiger partial charge is 0.251 e. The van der Waals surface area contributed by atoms with Crippen LogP contribution in [0.2, 0.25) is 0 Å². The monoisotopic (exact) mass is 223 g/mol. The minimum Gasteiger partial charge on any atom is -0.351 e. The number of aryl methyl sites for hydroxylation is 1. The maximum atomic E-state index is 11.6. The molecule has 0 fully saturated rings. The Labute approximate surface area is 95.5 Å². The summed E-state index contributed by atoms with van der Waals surface area (Å²) in [5, 5.41) is 2.96. The molecule has 1 atom stereocenters. The van der Waals surface area contributed by atoms with Crippen LogP contribution in [0.3, 0.4) is 0 Å². The van der Waals surface area contributed by atoms with Crippen LogP contribution in [0.5, 0.6) is 0 Å². The van der Waals surface area contributed by atoms with Crippen LogP contribution in [-0.4, -0.2) is 12.5 Å². The van der Waals surface area contributed by atoms with Crippen molar-refractivity contribution in [2.75, 3.05) is 6.54 Å². The van der Waals surface area contributed by atoms with E-state index in [9.17, 15) is 4.79 Å². The number of carbonyl (C=O) groups excluding carboxylic acids is 1. The molecule has 3 heteroatoms. The molecule has 0 saturated carbocycles. The summed E-state index contributed by atoms with van der Waals surface area (Å²) in [6.45, 7) is 0.836. The van der Waals surface area contributed by atoms with E-state index >= 15 is 0 Å². The van der Waals surface area contributed by atoms with Gasteiger partial charge in [0.15, 0.2) is 0 Å². The van der Waals surface area contributed by atoms with Crippen LogP contribution in [0.4, 0.5) is 0 Å². The van der Waals surface area contributed by atoms with Gasteiger partial charge >= 0.3 is 0 Å². The van der Waals surface area contributed by atoms with Crippen molar-refractivity contribution in [3.63, 3.8) is 0 Å². The van der Waals surface area contributed by atoms with Crippen molar-refractivity contribution in [1.29, 1.82) is 0 Å². The van der Waals surface area contributed by atoms with Crippen molar-refractivity contribution in [2.24, 2.45) is 0 Å². The van der Waals surface area contributed by atoms with Crippen molar-refractivity contribution < 1.29 is 4.79 Å². The van der Waals surface area contributed by atoms with E-state index in [2.05, 4.69) is 11.4 Å². The molecule has 1 aliphatic carbocycles. The summed E-state index contributed by atoms with van der Waals surface area (Å²) in [5.74, 6) is 0.688. The molecule has 1 heterocycles. The van der Waals surface area contributed by atoms with E-state index in [1.54, 1.807) is 0 Å². The second-order valence-electron chi connectivity index (χ2n) is 4.18. The third-order valence-electron chi connectivity index (χ3n) is 3.36. The van der Waals surface area contributed by atoms with E-state index in [1.807, 2.05) is 12.1 Å². The minimum absolute atomic E-state index is 0. The summed E-state index contributed by atoms with van der Waals surface area (Å²) >= 11 is 0. The van der Waals surface area contributed by atoms with Gasteiger partial charge in [0, 0.05) is 18.0 Å². The molecule has 0 aromatic heterocycles. The highest BCUT2D eigenvalue weighted by molar-refractivity contribution is 5.97. The predicted molar refractivity (Wildman–Crippen MR) is 61.7 cm³/mol. The molecule has 3 rings (SSSR count). The third kappa shape index (κ3) is 1.53. The Balaban J connectivity index is 0.000000853. The van der Waals surface area contributed by atoms with Crippen LogP contribution < -0.4 is 5.32 Å². The molecular weight excluding hydrogens is 210 g/mol. The van der Waals surface area contributed by atoms with Crippen molar-refractivity contribution >= 4 is 18.3 Å². The number of hydrogen-bond acceptors (Lipinski definition) is 1. The van der Waals surface area contributed by atoms with Crippen molar-refractivity contribution in [1.82, 2.24) is 5.32 Å². The average molecular weight is 224 g/mol. The topological polar surface area (TPSA) is 29.1 Å². The molecule has 1 aromatic rings. The van der Waals surface area contributed by atoms with Gasteiger partial charge in [-0.3, -0.25) is 4.79 Å². The summed E-state index contributed by atoms with van der Waals surface area (Å²) in [7, 11) is 0. The molecule has 2 aliphatic rings. The maximum absolute atomic E-state index is 11.6. The molecule has 0 bridgehead atoms. The Hall–Kier alpha value is -1.02. The second-order valence-corrected chi connectivity index (χ2v) is 4.18. The van der Waals surface area contributed by atoms with Gasteiger partial charge in [0.1, 0.15) is 0 Å². The number of nitrogens with one attached hydrogen (secondary N) is 1. The zero-order chi connectivity index (χ0) is 9.54. The Morgan fingerprint density at radius 1 is 1.33 bits per heavy atom. The van der Waals surface area contributed by atoms with E-state index in [0.29, 0.717) is 5.92 Å². The van der Waals surface area contributed by atoms with Gasteiger partial charge < -0.3 is 5.32 Å². The first-order chi connectivity index (χ1) is 6.86. The fourth-order valence-electron chi connectivity index (χ4n) is 2.71. The molecule has 1 aliphatic heterocycles. The Bertz CT molecular complexity index is 403. The number of benzene rings is 1. The summed E-state index contributed by atoms with van der Waals surface area (Å²) in [6, 6.07) is 6.12. The van der Waals surface area contributed by atoms with Crippen LogP contribution >= 0.6 is 12.4 Å².